The van der Waals surface area contributed by atoms with E-state index in [2.05, 4.69) is 44.0 Å². The molecule has 1 aliphatic heterocycles. The topological polar surface area (TPSA) is 18.5 Å². The van der Waals surface area contributed by atoms with Gasteiger partial charge in [0.05, 0.1) is 13.2 Å². The summed E-state index contributed by atoms with van der Waals surface area (Å²) in [6, 6.07) is 4.20. The van der Waals surface area contributed by atoms with Gasteiger partial charge < -0.3 is 9.47 Å². The average molecular weight is 390 g/mol. The predicted octanol–water partition coefficient (Wildman–Crippen LogP) is 5.24. The van der Waals surface area contributed by atoms with E-state index in [4.69, 9.17) is 9.47 Å². The highest BCUT2D eigenvalue weighted by Crippen LogP contribution is 2.46. The second-order valence-electron chi connectivity index (χ2n) is 5.32. The van der Waals surface area contributed by atoms with Crippen molar-refractivity contribution in [2.45, 2.75) is 36.9 Å². The van der Waals surface area contributed by atoms with Crippen molar-refractivity contribution in [2.24, 2.45) is 5.92 Å². The Labute approximate surface area is 131 Å². The van der Waals surface area contributed by atoms with Gasteiger partial charge in [0.1, 0.15) is 0 Å². The van der Waals surface area contributed by atoms with E-state index in [0.29, 0.717) is 4.83 Å². The van der Waals surface area contributed by atoms with Crippen LogP contribution in [-0.2, 0) is 0 Å². The van der Waals surface area contributed by atoms with Crippen LogP contribution in [0.3, 0.4) is 0 Å². The maximum absolute atomic E-state index is 5.79. The first-order valence-electron chi connectivity index (χ1n) is 6.99. The summed E-state index contributed by atoms with van der Waals surface area (Å²) in [6.07, 6.45) is 6.29. The van der Waals surface area contributed by atoms with Crippen LogP contribution in [0, 0.1) is 5.92 Å². The molecule has 1 aromatic carbocycles. The van der Waals surface area contributed by atoms with E-state index >= 15 is 0 Å². The fourth-order valence-corrected chi connectivity index (χ4v) is 4.70. The van der Waals surface area contributed by atoms with Crippen molar-refractivity contribution in [3.63, 3.8) is 0 Å². The predicted molar refractivity (Wildman–Crippen MR) is 83.4 cm³/mol. The third-order valence-corrected chi connectivity index (χ3v) is 5.91. The standard InChI is InChI=1S/C15H18Br2O2/c16-12-9-14-13(18-6-3-7-19-14)8-11(12)15(17)10-4-1-2-5-10/h8-10,15H,1-7H2. The molecular formula is C15H18Br2O2. The van der Waals surface area contributed by atoms with Gasteiger partial charge in [0.2, 0.25) is 0 Å². The minimum atomic E-state index is 0.404. The van der Waals surface area contributed by atoms with Crippen molar-refractivity contribution in [3.8, 4) is 11.5 Å². The zero-order valence-electron chi connectivity index (χ0n) is 10.8. The molecule has 1 saturated carbocycles. The molecular weight excluding hydrogens is 372 g/mol. The van der Waals surface area contributed by atoms with E-state index < -0.39 is 0 Å². The SMILES string of the molecule is Brc1cc2c(cc1C(Br)C1CCCC1)OCCCO2. The van der Waals surface area contributed by atoms with Crippen LogP contribution in [-0.4, -0.2) is 13.2 Å². The molecule has 1 unspecified atom stereocenters. The van der Waals surface area contributed by atoms with Gasteiger partial charge in [-0.2, -0.15) is 0 Å². The van der Waals surface area contributed by atoms with Gasteiger partial charge in [0.15, 0.2) is 11.5 Å². The largest absolute Gasteiger partial charge is 0.490 e. The highest BCUT2D eigenvalue weighted by atomic mass is 79.9. The van der Waals surface area contributed by atoms with Crippen LogP contribution in [0.5, 0.6) is 11.5 Å². The molecule has 0 aromatic heterocycles. The number of hydrogen-bond acceptors (Lipinski definition) is 2. The normalized spacial score (nSPS) is 21.2. The summed E-state index contributed by atoms with van der Waals surface area (Å²) < 4.78 is 12.6. The number of halogens is 2. The van der Waals surface area contributed by atoms with E-state index in [1.807, 2.05) is 0 Å². The Bertz CT molecular complexity index is 456. The zero-order chi connectivity index (χ0) is 13.2. The fraction of sp³-hybridized carbons (Fsp3) is 0.600. The molecule has 1 atom stereocenters. The second-order valence-corrected chi connectivity index (χ2v) is 7.16. The Balaban J connectivity index is 1.90. The Kier molecular flexibility index (Phi) is 4.37. The molecule has 0 saturated heterocycles. The van der Waals surface area contributed by atoms with Gasteiger partial charge in [-0.3, -0.25) is 0 Å². The molecule has 3 rings (SSSR count). The highest BCUT2D eigenvalue weighted by Gasteiger charge is 2.27. The third-order valence-electron chi connectivity index (χ3n) is 3.98. The minimum Gasteiger partial charge on any atom is -0.490 e. The van der Waals surface area contributed by atoms with Crippen LogP contribution in [0.25, 0.3) is 0 Å². The van der Waals surface area contributed by atoms with Crippen LogP contribution in [0.2, 0.25) is 0 Å². The van der Waals surface area contributed by atoms with E-state index in [1.165, 1.54) is 31.2 Å². The molecule has 0 bridgehead atoms. The number of hydrogen-bond donors (Lipinski definition) is 0. The molecule has 104 valence electrons. The Hall–Kier alpha value is -0.220. The average Bonchev–Trinajstić information content (AvgIpc) is 2.84. The lowest BCUT2D eigenvalue weighted by Crippen LogP contribution is -2.04. The lowest BCUT2D eigenvalue weighted by atomic mass is 9.97. The molecule has 0 spiro atoms. The Morgan fingerprint density at radius 1 is 1.00 bits per heavy atom. The van der Waals surface area contributed by atoms with Crippen LogP contribution >= 0.6 is 31.9 Å². The third kappa shape index (κ3) is 2.94. The van der Waals surface area contributed by atoms with Gasteiger partial charge in [0.25, 0.3) is 0 Å². The highest BCUT2D eigenvalue weighted by molar-refractivity contribution is 9.11. The first kappa shape index (κ1) is 13.7. The second kappa shape index (κ2) is 6.04. The molecule has 1 fully saturated rings. The van der Waals surface area contributed by atoms with Gasteiger partial charge in [-0.15, -0.1) is 0 Å². The van der Waals surface area contributed by atoms with Crippen LogP contribution in [0.15, 0.2) is 16.6 Å². The summed E-state index contributed by atoms with van der Waals surface area (Å²) in [6.45, 7) is 1.48. The summed E-state index contributed by atoms with van der Waals surface area (Å²) in [7, 11) is 0. The molecule has 2 aliphatic rings. The minimum absolute atomic E-state index is 0.404. The van der Waals surface area contributed by atoms with E-state index in [9.17, 15) is 0 Å². The quantitative estimate of drug-likeness (QED) is 0.644. The molecule has 0 amide bonds. The number of benzene rings is 1. The maximum atomic E-state index is 5.79. The summed E-state index contributed by atoms with van der Waals surface area (Å²) in [4.78, 5) is 0.404. The molecule has 19 heavy (non-hydrogen) atoms. The van der Waals surface area contributed by atoms with Crippen LogP contribution in [0.4, 0.5) is 0 Å². The van der Waals surface area contributed by atoms with Gasteiger partial charge in [-0.25, -0.2) is 0 Å². The van der Waals surface area contributed by atoms with Crippen molar-refractivity contribution in [2.75, 3.05) is 13.2 Å². The molecule has 1 aromatic rings. The number of rotatable bonds is 2. The van der Waals surface area contributed by atoms with E-state index in [-0.39, 0.29) is 0 Å². The van der Waals surface area contributed by atoms with Gasteiger partial charge >= 0.3 is 0 Å². The summed E-state index contributed by atoms with van der Waals surface area (Å²) in [5.74, 6) is 2.48. The lowest BCUT2D eigenvalue weighted by Gasteiger charge is -2.20. The summed E-state index contributed by atoms with van der Waals surface area (Å²) >= 11 is 7.57. The lowest BCUT2D eigenvalue weighted by molar-refractivity contribution is 0.297. The van der Waals surface area contributed by atoms with Gasteiger partial charge in [-0.1, -0.05) is 44.7 Å². The summed E-state index contributed by atoms with van der Waals surface area (Å²) in [5.41, 5.74) is 1.29. The maximum Gasteiger partial charge on any atom is 0.162 e. The molecule has 2 nitrogen and oxygen atoms in total. The van der Waals surface area contributed by atoms with E-state index in [1.54, 1.807) is 0 Å². The fourth-order valence-electron chi connectivity index (χ4n) is 2.91. The molecule has 1 heterocycles. The number of ether oxygens (including phenoxy) is 2. The first-order chi connectivity index (χ1) is 9.25. The first-order valence-corrected chi connectivity index (χ1v) is 8.69. The Morgan fingerprint density at radius 2 is 1.63 bits per heavy atom. The van der Waals surface area contributed by atoms with Crippen LogP contribution in [0.1, 0.15) is 42.5 Å². The van der Waals surface area contributed by atoms with Crippen LogP contribution < -0.4 is 9.47 Å². The van der Waals surface area contributed by atoms with Crippen molar-refractivity contribution < 1.29 is 9.47 Å². The smallest absolute Gasteiger partial charge is 0.162 e. The number of fused-ring (bicyclic) bond motifs is 1. The molecule has 4 heteroatoms. The van der Waals surface area contributed by atoms with Crippen molar-refractivity contribution in [1.82, 2.24) is 0 Å². The molecule has 0 N–H and O–H groups in total. The Morgan fingerprint density at radius 3 is 2.32 bits per heavy atom. The zero-order valence-corrected chi connectivity index (χ0v) is 14.0. The summed E-state index contributed by atoms with van der Waals surface area (Å²) in [5, 5.41) is 0. The van der Waals surface area contributed by atoms with Crippen molar-refractivity contribution >= 4 is 31.9 Å². The monoisotopic (exact) mass is 388 g/mol. The molecule has 1 aliphatic carbocycles. The van der Waals surface area contributed by atoms with Gasteiger partial charge in [0, 0.05) is 15.7 Å². The van der Waals surface area contributed by atoms with Gasteiger partial charge in [-0.05, 0) is 36.5 Å². The molecule has 0 radical (unpaired) electrons. The van der Waals surface area contributed by atoms with E-state index in [0.717, 1.165) is 41.5 Å². The number of alkyl halides is 1. The van der Waals surface area contributed by atoms with Crippen molar-refractivity contribution in [3.05, 3.63) is 22.2 Å². The van der Waals surface area contributed by atoms with Crippen molar-refractivity contribution in [1.29, 1.82) is 0 Å².